The van der Waals surface area contributed by atoms with Gasteiger partial charge in [0.05, 0.1) is 0 Å². The minimum absolute atomic E-state index is 0.153. The van der Waals surface area contributed by atoms with Crippen LogP contribution in [0.15, 0.2) is 18.2 Å². The first-order chi connectivity index (χ1) is 11.5. The van der Waals surface area contributed by atoms with E-state index < -0.39 is 0 Å². The molecule has 0 aliphatic carbocycles. The molecule has 5 heteroatoms. The molecule has 0 saturated carbocycles. The number of fused-ring (bicyclic) bond motifs is 2. The second-order valence-electron chi connectivity index (χ2n) is 7.55. The summed E-state index contributed by atoms with van der Waals surface area (Å²) in [4.78, 5) is 30.7. The van der Waals surface area contributed by atoms with Crippen LogP contribution < -0.4 is 9.80 Å². The van der Waals surface area contributed by atoms with Crippen molar-refractivity contribution in [2.45, 2.75) is 25.7 Å². The number of rotatable bonds is 1. The lowest BCUT2D eigenvalue weighted by molar-refractivity contribution is -0.122. The first kappa shape index (κ1) is 15.6. The van der Waals surface area contributed by atoms with Gasteiger partial charge in [-0.2, -0.15) is 0 Å². The van der Waals surface area contributed by atoms with Crippen LogP contribution in [0.2, 0.25) is 0 Å². The van der Waals surface area contributed by atoms with Gasteiger partial charge in [0.15, 0.2) is 0 Å². The van der Waals surface area contributed by atoms with Crippen molar-refractivity contribution in [3.8, 4) is 0 Å². The molecular weight excluding hydrogens is 302 g/mol. The Hall–Kier alpha value is -1.88. The number of piperidine rings is 2. The number of likely N-dealkylation sites (tertiary alicyclic amines) is 1. The molecule has 0 radical (unpaired) electrons. The number of amides is 2. The molecule has 2 atom stereocenters. The van der Waals surface area contributed by atoms with Crippen molar-refractivity contribution >= 4 is 23.2 Å². The number of hydrogen-bond donors (Lipinski definition) is 0. The Morgan fingerprint density at radius 1 is 1.00 bits per heavy atom. The van der Waals surface area contributed by atoms with Crippen molar-refractivity contribution in [3.05, 3.63) is 23.8 Å². The van der Waals surface area contributed by atoms with Crippen LogP contribution in [-0.4, -0.2) is 50.4 Å². The summed E-state index contributed by atoms with van der Waals surface area (Å²) in [6, 6.07) is 6.16. The highest BCUT2D eigenvalue weighted by atomic mass is 16.2. The van der Waals surface area contributed by atoms with Gasteiger partial charge in [-0.25, -0.2) is 0 Å². The van der Waals surface area contributed by atoms with Gasteiger partial charge in [-0.3, -0.25) is 9.59 Å². The average Bonchev–Trinajstić information content (AvgIpc) is 2.57. The molecule has 3 aliphatic heterocycles. The van der Waals surface area contributed by atoms with Crippen molar-refractivity contribution in [1.82, 2.24) is 4.90 Å². The zero-order valence-corrected chi connectivity index (χ0v) is 14.5. The van der Waals surface area contributed by atoms with E-state index in [1.807, 2.05) is 18.0 Å². The maximum absolute atomic E-state index is 12.7. The van der Waals surface area contributed by atoms with Gasteiger partial charge in [0.2, 0.25) is 11.8 Å². The molecule has 5 nitrogen and oxygen atoms in total. The first-order valence-corrected chi connectivity index (χ1v) is 8.91. The number of carbonyl (C=O) groups is 2. The monoisotopic (exact) mass is 327 g/mol. The summed E-state index contributed by atoms with van der Waals surface area (Å²) < 4.78 is 0. The molecule has 128 valence electrons. The van der Waals surface area contributed by atoms with Gasteiger partial charge in [0, 0.05) is 44.4 Å². The number of anilines is 2. The van der Waals surface area contributed by atoms with Crippen LogP contribution >= 0.6 is 0 Å². The van der Waals surface area contributed by atoms with Crippen LogP contribution in [-0.2, 0) is 16.0 Å². The fraction of sp³-hybridized carbons (Fsp3) is 0.579. The Labute approximate surface area is 143 Å². The minimum Gasteiger partial charge on any atom is -0.315 e. The molecule has 4 rings (SSSR count). The topological polar surface area (TPSA) is 43.9 Å². The van der Waals surface area contributed by atoms with E-state index in [0.29, 0.717) is 24.7 Å². The number of nitrogens with zero attached hydrogens (tertiary/aromatic N) is 3. The second-order valence-corrected chi connectivity index (χ2v) is 7.55. The molecule has 24 heavy (non-hydrogen) atoms. The van der Waals surface area contributed by atoms with E-state index in [-0.39, 0.29) is 11.8 Å². The smallest absolute Gasteiger partial charge is 0.227 e. The van der Waals surface area contributed by atoms with E-state index in [9.17, 15) is 9.59 Å². The average molecular weight is 327 g/mol. The van der Waals surface area contributed by atoms with Crippen LogP contribution in [0.4, 0.5) is 11.4 Å². The molecule has 2 fully saturated rings. The van der Waals surface area contributed by atoms with Crippen LogP contribution in [0.5, 0.6) is 0 Å². The lowest BCUT2D eigenvalue weighted by Crippen LogP contribution is -2.51. The number of aryl methyl sites for hydroxylation is 1. The SMILES string of the molecule is CN1CCC2CN(c3ccc4c(c3)N(C)C(=O)CC4)C(=O)C[C@@H]2C1. The Morgan fingerprint density at radius 3 is 2.67 bits per heavy atom. The van der Waals surface area contributed by atoms with E-state index in [0.717, 1.165) is 43.9 Å². The molecule has 0 aromatic heterocycles. The Morgan fingerprint density at radius 2 is 1.83 bits per heavy atom. The summed E-state index contributed by atoms with van der Waals surface area (Å²) in [5.74, 6) is 1.46. The molecule has 0 spiro atoms. The van der Waals surface area contributed by atoms with Crippen LogP contribution in [0.1, 0.15) is 24.8 Å². The highest BCUT2D eigenvalue weighted by Crippen LogP contribution is 2.36. The highest BCUT2D eigenvalue weighted by Gasteiger charge is 2.37. The van der Waals surface area contributed by atoms with Crippen molar-refractivity contribution in [2.24, 2.45) is 11.8 Å². The zero-order chi connectivity index (χ0) is 16.8. The molecule has 3 heterocycles. The van der Waals surface area contributed by atoms with Gasteiger partial charge in [-0.05, 0) is 56.0 Å². The van der Waals surface area contributed by atoms with E-state index in [4.69, 9.17) is 0 Å². The summed E-state index contributed by atoms with van der Waals surface area (Å²) in [5.41, 5.74) is 3.10. The molecular formula is C19H25N3O2. The summed E-state index contributed by atoms with van der Waals surface area (Å²) in [7, 11) is 3.97. The molecule has 0 N–H and O–H groups in total. The minimum atomic E-state index is 0.153. The summed E-state index contributed by atoms with van der Waals surface area (Å²) in [6.45, 7) is 2.96. The zero-order valence-electron chi connectivity index (χ0n) is 14.5. The summed E-state index contributed by atoms with van der Waals surface area (Å²) >= 11 is 0. The molecule has 3 aliphatic rings. The van der Waals surface area contributed by atoms with Gasteiger partial charge in [-0.15, -0.1) is 0 Å². The van der Waals surface area contributed by atoms with E-state index in [2.05, 4.69) is 24.1 Å². The molecule has 1 aromatic rings. The predicted octanol–water partition coefficient (Wildman–Crippen LogP) is 1.90. The van der Waals surface area contributed by atoms with E-state index in [1.165, 1.54) is 5.56 Å². The fourth-order valence-corrected chi connectivity index (χ4v) is 4.44. The maximum Gasteiger partial charge on any atom is 0.227 e. The molecule has 1 unspecified atom stereocenters. The summed E-state index contributed by atoms with van der Waals surface area (Å²) in [5, 5.41) is 0. The molecule has 2 saturated heterocycles. The normalized spacial score (nSPS) is 27.9. The Kier molecular flexibility index (Phi) is 3.83. The summed E-state index contributed by atoms with van der Waals surface area (Å²) in [6.07, 6.45) is 3.17. The fourth-order valence-electron chi connectivity index (χ4n) is 4.44. The quantitative estimate of drug-likeness (QED) is 0.791. The van der Waals surface area contributed by atoms with Gasteiger partial charge < -0.3 is 14.7 Å². The lowest BCUT2D eigenvalue weighted by Gasteiger charge is -2.43. The van der Waals surface area contributed by atoms with Crippen LogP contribution in [0.25, 0.3) is 0 Å². The van der Waals surface area contributed by atoms with Crippen LogP contribution in [0, 0.1) is 11.8 Å². The predicted molar refractivity (Wildman–Crippen MR) is 94.2 cm³/mol. The standard InChI is InChI=1S/C19H25N3O2/c1-20-8-7-14-12-22(19(24)9-15(14)11-20)16-5-3-13-4-6-18(23)21(2)17(13)10-16/h3,5,10,14-15H,4,6-9,11-12H2,1-2H3/t14?,15-/m1/s1. The Balaban J connectivity index is 1.60. The van der Waals surface area contributed by atoms with Crippen molar-refractivity contribution in [1.29, 1.82) is 0 Å². The van der Waals surface area contributed by atoms with Crippen molar-refractivity contribution in [2.75, 3.05) is 43.5 Å². The van der Waals surface area contributed by atoms with Crippen molar-refractivity contribution in [3.63, 3.8) is 0 Å². The second kappa shape index (κ2) is 5.88. The number of benzene rings is 1. The first-order valence-electron chi connectivity index (χ1n) is 8.91. The third-order valence-corrected chi connectivity index (χ3v) is 5.97. The number of hydrogen-bond acceptors (Lipinski definition) is 3. The van der Waals surface area contributed by atoms with Gasteiger partial charge in [-0.1, -0.05) is 6.07 Å². The third-order valence-electron chi connectivity index (χ3n) is 5.97. The lowest BCUT2D eigenvalue weighted by atomic mass is 9.80. The van der Waals surface area contributed by atoms with Gasteiger partial charge >= 0.3 is 0 Å². The third kappa shape index (κ3) is 2.61. The number of carbonyl (C=O) groups excluding carboxylic acids is 2. The van der Waals surface area contributed by atoms with Gasteiger partial charge in [0.1, 0.15) is 0 Å². The van der Waals surface area contributed by atoms with Gasteiger partial charge in [0.25, 0.3) is 0 Å². The molecule has 0 bridgehead atoms. The van der Waals surface area contributed by atoms with E-state index >= 15 is 0 Å². The largest absolute Gasteiger partial charge is 0.315 e. The van der Waals surface area contributed by atoms with Crippen LogP contribution in [0.3, 0.4) is 0 Å². The maximum atomic E-state index is 12.7. The highest BCUT2D eigenvalue weighted by molar-refractivity contribution is 5.99. The van der Waals surface area contributed by atoms with Crippen molar-refractivity contribution < 1.29 is 9.59 Å². The molecule has 2 amide bonds. The van der Waals surface area contributed by atoms with E-state index in [1.54, 1.807) is 4.90 Å². The molecule has 1 aromatic carbocycles. The Bertz CT molecular complexity index is 687.